The van der Waals surface area contributed by atoms with E-state index in [0.29, 0.717) is 5.56 Å². The van der Waals surface area contributed by atoms with E-state index >= 15 is 0 Å². The number of ether oxygens (including phenoxy) is 1. The standard InChI is InChI=1S/C11H15F2NO/c1-11(6-12,7-14)8-3-4-10(15-2)9(13)5-8/h3-5H,6-7,14H2,1-2H3. The summed E-state index contributed by atoms with van der Waals surface area (Å²) in [5.74, 6) is -0.347. The van der Waals surface area contributed by atoms with Gasteiger partial charge in [0.15, 0.2) is 11.6 Å². The van der Waals surface area contributed by atoms with Gasteiger partial charge in [0.1, 0.15) is 0 Å². The summed E-state index contributed by atoms with van der Waals surface area (Å²) in [6.07, 6.45) is 0. The molecule has 84 valence electrons. The molecular weight excluding hydrogens is 200 g/mol. The molecule has 0 heterocycles. The number of nitrogens with two attached hydrogens (primary N) is 1. The maximum Gasteiger partial charge on any atom is 0.165 e. The molecule has 0 fully saturated rings. The quantitative estimate of drug-likeness (QED) is 0.834. The van der Waals surface area contributed by atoms with Crippen LogP contribution in [0.4, 0.5) is 8.78 Å². The molecular formula is C11H15F2NO. The average molecular weight is 215 g/mol. The third-order valence-electron chi connectivity index (χ3n) is 2.59. The van der Waals surface area contributed by atoms with Crippen LogP contribution in [0.25, 0.3) is 0 Å². The number of halogens is 2. The second kappa shape index (κ2) is 4.57. The van der Waals surface area contributed by atoms with E-state index in [4.69, 9.17) is 10.5 Å². The van der Waals surface area contributed by atoms with Gasteiger partial charge in [-0.05, 0) is 17.7 Å². The van der Waals surface area contributed by atoms with Crippen LogP contribution in [-0.4, -0.2) is 20.3 Å². The molecule has 15 heavy (non-hydrogen) atoms. The first-order valence-electron chi connectivity index (χ1n) is 4.67. The first-order chi connectivity index (χ1) is 7.07. The maximum absolute atomic E-state index is 13.4. The molecule has 0 saturated heterocycles. The van der Waals surface area contributed by atoms with Gasteiger partial charge >= 0.3 is 0 Å². The zero-order chi connectivity index (χ0) is 11.5. The smallest absolute Gasteiger partial charge is 0.165 e. The fourth-order valence-corrected chi connectivity index (χ4v) is 1.29. The van der Waals surface area contributed by atoms with Gasteiger partial charge in [-0.3, -0.25) is 4.39 Å². The Morgan fingerprint density at radius 3 is 2.53 bits per heavy atom. The maximum atomic E-state index is 13.4. The minimum absolute atomic E-state index is 0.134. The molecule has 1 aromatic carbocycles. The molecule has 2 nitrogen and oxygen atoms in total. The van der Waals surface area contributed by atoms with Crippen LogP contribution in [-0.2, 0) is 5.41 Å². The van der Waals surface area contributed by atoms with Crippen LogP contribution in [0, 0.1) is 5.82 Å². The number of benzene rings is 1. The van der Waals surface area contributed by atoms with Crippen molar-refractivity contribution < 1.29 is 13.5 Å². The Kier molecular flexibility index (Phi) is 3.63. The first kappa shape index (κ1) is 11.9. The molecule has 0 aliphatic rings. The van der Waals surface area contributed by atoms with Crippen molar-refractivity contribution in [2.75, 3.05) is 20.3 Å². The van der Waals surface area contributed by atoms with Crippen molar-refractivity contribution in [2.45, 2.75) is 12.3 Å². The third-order valence-corrected chi connectivity index (χ3v) is 2.59. The van der Waals surface area contributed by atoms with Gasteiger partial charge in [-0.2, -0.15) is 0 Å². The molecule has 0 bridgehead atoms. The molecule has 1 unspecified atom stereocenters. The Morgan fingerprint density at radius 2 is 2.13 bits per heavy atom. The number of rotatable bonds is 4. The number of alkyl halides is 1. The molecule has 1 atom stereocenters. The van der Waals surface area contributed by atoms with E-state index in [1.165, 1.54) is 19.2 Å². The second-order valence-corrected chi connectivity index (χ2v) is 3.75. The number of hydrogen-bond donors (Lipinski definition) is 1. The van der Waals surface area contributed by atoms with Crippen molar-refractivity contribution in [2.24, 2.45) is 5.73 Å². The van der Waals surface area contributed by atoms with Gasteiger partial charge < -0.3 is 10.5 Å². The molecule has 0 aromatic heterocycles. The van der Waals surface area contributed by atoms with Crippen LogP contribution in [0.1, 0.15) is 12.5 Å². The lowest BCUT2D eigenvalue weighted by molar-refractivity contribution is 0.331. The summed E-state index contributed by atoms with van der Waals surface area (Å²) >= 11 is 0. The highest BCUT2D eigenvalue weighted by atomic mass is 19.1. The molecule has 1 aromatic rings. The van der Waals surface area contributed by atoms with Crippen LogP contribution < -0.4 is 10.5 Å². The number of methoxy groups -OCH3 is 1. The lowest BCUT2D eigenvalue weighted by Gasteiger charge is -2.25. The Labute approximate surface area is 88.0 Å². The lowest BCUT2D eigenvalue weighted by atomic mass is 9.84. The van der Waals surface area contributed by atoms with E-state index in [0.717, 1.165) is 0 Å². The van der Waals surface area contributed by atoms with Crippen molar-refractivity contribution >= 4 is 0 Å². The highest BCUT2D eigenvalue weighted by molar-refractivity contribution is 5.34. The average Bonchev–Trinajstić information content (AvgIpc) is 2.28. The van der Waals surface area contributed by atoms with Gasteiger partial charge in [0.05, 0.1) is 13.8 Å². The first-order valence-corrected chi connectivity index (χ1v) is 4.67. The van der Waals surface area contributed by atoms with Crippen LogP contribution in [0.3, 0.4) is 0 Å². The van der Waals surface area contributed by atoms with E-state index in [1.54, 1.807) is 13.0 Å². The topological polar surface area (TPSA) is 35.2 Å². The molecule has 0 aliphatic carbocycles. The summed E-state index contributed by atoms with van der Waals surface area (Å²) in [6, 6.07) is 4.38. The van der Waals surface area contributed by atoms with Gasteiger partial charge in [0, 0.05) is 12.0 Å². The fraction of sp³-hybridized carbons (Fsp3) is 0.455. The second-order valence-electron chi connectivity index (χ2n) is 3.75. The minimum Gasteiger partial charge on any atom is -0.494 e. The SMILES string of the molecule is COc1ccc(C(C)(CN)CF)cc1F. The molecule has 4 heteroatoms. The summed E-state index contributed by atoms with van der Waals surface area (Å²) in [6.45, 7) is 1.18. The van der Waals surface area contributed by atoms with E-state index < -0.39 is 17.9 Å². The van der Waals surface area contributed by atoms with Gasteiger partial charge in [0.2, 0.25) is 0 Å². The Balaban J connectivity index is 3.11. The van der Waals surface area contributed by atoms with Crippen LogP contribution in [0.5, 0.6) is 5.75 Å². The molecule has 2 N–H and O–H groups in total. The van der Waals surface area contributed by atoms with Crippen LogP contribution in [0.2, 0.25) is 0 Å². The highest BCUT2D eigenvalue weighted by Gasteiger charge is 2.26. The highest BCUT2D eigenvalue weighted by Crippen LogP contribution is 2.27. The van der Waals surface area contributed by atoms with E-state index in [9.17, 15) is 8.78 Å². The zero-order valence-electron chi connectivity index (χ0n) is 8.89. The zero-order valence-corrected chi connectivity index (χ0v) is 8.89. The van der Waals surface area contributed by atoms with Crippen molar-refractivity contribution in [3.8, 4) is 5.75 Å². The normalized spacial score (nSPS) is 14.7. The summed E-state index contributed by atoms with van der Waals surface area (Å²) in [5, 5.41) is 0. The van der Waals surface area contributed by atoms with E-state index in [1.807, 2.05) is 0 Å². The predicted octanol–water partition coefficient (Wildman–Crippen LogP) is 2.02. The molecule has 1 rings (SSSR count). The molecule has 0 spiro atoms. The summed E-state index contributed by atoms with van der Waals surface area (Å²) in [4.78, 5) is 0. The Bertz CT molecular complexity index is 337. The predicted molar refractivity (Wildman–Crippen MR) is 55.3 cm³/mol. The van der Waals surface area contributed by atoms with Crippen molar-refractivity contribution in [1.29, 1.82) is 0 Å². The lowest BCUT2D eigenvalue weighted by Crippen LogP contribution is -2.34. The number of hydrogen-bond acceptors (Lipinski definition) is 2. The molecule has 0 aliphatic heterocycles. The van der Waals surface area contributed by atoms with E-state index in [-0.39, 0.29) is 12.3 Å². The molecule has 0 saturated carbocycles. The Morgan fingerprint density at radius 1 is 1.47 bits per heavy atom. The van der Waals surface area contributed by atoms with Crippen LogP contribution in [0.15, 0.2) is 18.2 Å². The Hall–Kier alpha value is -1.16. The van der Waals surface area contributed by atoms with Crippen molar-refractivity contribution in [1.82, 2.24) is 0 Å². The van der Waals surface area contributed by atoms with Gasteiger partial charge in [-0.15, -0.1) is 0 Å². The molecule has 0 radical (unpaired) electrons. The monoisotopic (exact) mass is 215 g/mol. The summed E-state index contributed by atoms with van der Waals surface area (Å²) < 4.78 is 31.0. The minimum atomic E-state index is -0.826. The summed E-state index contributed by atoms with van der Waals surface area (Å²) in [7, 11) is 1.38. The largest absolute Gasteiger partial charge is 0.494 e. The van der Waals surface area contributed by atoms with Crippen molar-refractivity contribution in [3.05, 3.63) is 29.6 Å². The fourth-order valence-electron chi connectivity index (χ4n) is 1.29. The van der Waals surface area contributed by atoms with E-state index in [2.05, 4.69) is 0 Å². The van der Waals surface area contributed by atoms with Gasteiger partial charge in [0.25, 0.3) is 0 Å². The van der Waals surface area contributed by atoms with Gasteiger partial charge in [-0.25, -0.2) is 4.39 Å². The molecule has 0 amide bonds. The summed E-state index contributed by atoms with van der Waals surface area (Å²) in [5.41, 5.74) is 5.20. The van der Waals surface area contributed by atoms with Crippen LogP contribution >= 0.6 is 0 Å². The third kappa shape index (κ3) is 2.26. The van der Waals surface area contributed by atoms with Gasteiger partial charge in [-0.1, -0.05) is 13.0 Å². The van der Waals surface area contributed by atoms with Crippen molar-refractivity contribution in [3.63, 3.8) is 0 Å².